The number of Topliss-reactive ketones (excluding diaryl/α,β-unsaturated/α-hetero) is 1. The monoisotopic (exact) mass is 386 g/mol. The molecule has 1 amide bonds. The standard InChI is InChI=1S/C25H26N2O2/c1-3-5-25(29)27(2)23-14-12-21(13-15-23)20-8-10-22(11-9-20)24(28)16-7-19-6-4-17-26-18-19/h4,6,8-15,17-18H,3,5,7,16H2,1-2H3. The predicted molar refractivity (Wildman–Crippen MR) is 117 cm³/mol. The van der Waals surface area contributed by atoms with Crippen LogP contribution < -0.4 is 4.90 Å². The van der Waals surface area contributed by atoms with Crippen LogP contribution in [0.25, 0.3) is 11.1 Å². The second-order valence-electron chi connectivity index (χ2n) is 7.11. The van der Waals surface area contributed by atoms with Gasteiger partial charge in [0, 0.05) is 43.5 Å². The molecule has 148 valence electrons. The molecule has 0 fully saturated rings. The first-order valence-electron chi connectivity index (χ1n) is 9.97. The number of anilines is 1. The molecule has 1 heterocycles. The molecule has 4 heteroatoms. The van der Waals surface area contributed by atoms with E-state index in [9.17, 15) is 9.59 Å². The van der Waals surface area contributed by atoms with Gasteiger partial charge in [-0.05, 0) is 47.7 Å². The molecule has 0 radical (unpaired) electrons. The van der Waals surface area contributed by atoms with Gasteiger partial charge in [0.15, 0.2) is 5.78 Å². The minimum Gasteiger partial charge on any atom is -0.316 e. The van der Waals surface area contributed by atoms with Crippen LogP contribution in [0, 0.1) is 0 Å². The van der Waals surface area contributed by atoms with E-state index >= 15 is 0 Å². The number of carbonyl (C=O) groups is 2. The lowest BCUT2D eigenvalue weighted by Gasteiger charge is -2.17. The van der Waals surface area contributed by atoms with E-state index < -0.39 is 0 Å². The Morgan fingerprint density at radius 2 is 1.55 bits per heavy atom. The van der Waals surface area contributed by atoms with Gasteiger partial charge in [-0.3, -0.25) is 14.6 Å². The lowest BCUT2D eigenvalue weighted by molar-refractivity contribution is -0.118. The third-order valence-corrected chi connectivity index (χ3v) is 5.00. The molecule has 0 atom stereocenters. The highest BCUT2D eigenvalue weighted by Gasteiger charge is 2.10. The third kappa shape index (κ3) is 5.38. The normalized spacial score (nSPS) is 10.6. The molecule has 0 aliphatic heterocycles. The molecular weight excluding hydrogens is 360 g/mol. The quantitative estimate of drug-likeness (QED) is 0.492. The number of carbonyl (C=O) groups excluding carboxylic acids is 2. The highest BCUT2D eigenvalue weighted by molar-refractivity contribution is 5.96. The number of aromatic nitrogens is 1. The fourth-order valence-corrected chi connectivity index (χ4v) is 3.20. The van der Waals surface area contributed by atoms with Gasteiger partial charge in [0.05, 0.1) is 0 Å². The molecule has 0 aliphatic carbocycles. The lowest BCUT2D eigenvalue weighted by Crippen LogP contribution is -2.25. The van der Waals surface area contributed by atoms with Crippen molar-refractivity contribution in [3.63, 3.8) is 0 Å². The van der Waals surface area contributed by atoms with Crippen molar-refractivity contribution in [2.45, 2.75) is 32.6 Å². The van der Waals surface area contributed by atoms with Crippen molar-refractivity contribution in [3.8, 4) is 11.1 Å². The first-order chi connectivity index (χ1) is 14.1. The minimum absolute atomic E-state index is 0.120. The second-order valence-corrected chi connectivity index (χ2v) is 7.11. The summed E-state index contributed by atoms with van der Waals surface area (Å²) < 4.78 is 0. The molecule has 0 saturated heterocycles. The molecule has 1 aromatic heterocycles. The van der Waals surface area contributed by atoms with Crippen LogP contribution in [0.15, 0.2) is 73.1 Å². The van der Waals surface area contributed by atoms with Crippen LogP contribution >= 0.6 is 0 Å². The van der Waals surface area contributed by atoms with E-state index in [1.165, 1.54) is 0 Å². The highest BCUT2D eigenvalue weighted by Crippen LogP contribution is 2.24. The van der Waals surface area contributed by atoms with Crippen molar-refractivity contribution in [2.24, 2.45) is 0 Å². The summed E-state index contributed by atoms with van der Waals surface area (Å²) in [5.74, 6) is 0.251. The molecule has 0 aliphatic rings. The van der Waals surface area contributed by atoms with Crippen molar-refractivity contribution in [3.05, 3.63) is 84.2 Å². The van der Waals surface area contributed by atoms with Gasteiger partial charge in [0.25, 0.3) is 0 Å². The summed E-state index contributed by atoms with van der Waals surface area (Å²) in [6.45, 7) is 2.00. The Labute approximate surface area is 172 Å². The van der Waals surface area contributed by atoms with Crippen LogP contribution in [0.5, 0.6) is 0 Å². The van der Waals surface area contributed by atoms with Crippen LogP contribution in [-0.2, 0) is 11.2 Å². The summed E-state index contributed by atoms with van der Waals surface area (Å²) in [7, 11) is 1.80. The zero-order valence-electron chi connectivity index (χ0n) is 17.0. The Bertz CT molecular complexity index is 948. The van der Waals surface area contributed by atoms with Crippen LogP contribution in [0.1, 0.15) is 42.1 Å². The zero-order valence-corrected chi connectivity index (χ0v) is 17.0. The van der Waals surface area contributed by atoms with Gasteiger partial charge in [-0.1, -0.05) is 49.4 Å². The van der Waals surface area contributed by atoms with E-state index in [1.54, 1.807) is 24.3 Å². The molecule has 3 aromatic rings. The third-order valence-electron chi connectivity index (χ3n) is 5.00. The van der Waals surface area contributed by atoms with Gasteiger partial charge >= 0.3 is 0 Å². The topological polar surface area (TPSA) is 50.3 Å². The molecule has 0 spiro atoms. The maximum atomic E-state index is 12.4. The Kier molecular flexibility index (Phi) is 6.90. The highest BCUT2D eigenvalue weighted by atomic mass is 16.2. The molecule has 2 aromatic carbocycles. The van der Waals surface area contributed by atoms with Gasteiger partial charge in [-0.15, -0.1) is 0 Å². The summed E-state index contributed by atoms with van der Waals surface area (Å²) >= 11 is 0. The van der Waals surface area contributed by atoms with Gasteiger partial charge in [-0.2, -0.15) is 0 Å². The smallest absolute Gasteiger partial charge is 0.226 e. The first kappa shape index (κ1) is 20.5. The summed E-state index contributed by atoms with van der Waals surface area (Å²) in [6, 6.07) is 19.5. The largest absolute Gasteiger partial charge is 0.316 e. The number of hydrogen-bond donors (Lipinski definition) is 0. The number of rotatable bonds is 8. The number of benzene rings is 2. The van der Waals surface area contributed by atoms with E-state index in [0.717, 1.165) is 34.4 Å². The van der Waals surface area contributed by atoms with Crippen molar-refractivity contribution >= 4 is 17.4 Å². The maximum absolute atomic E-state index is 12.4. The van der Waals surface area contributed by atoms with Crippen LogP contribution in [0.2, 0.25) is 0 Å². The van der Waals surface area contributed by atoms with Crippen molar-refractivity contribution in [2.75, 3.05) is 11.9 Å². The predicted octanol–water partition coefficient (Wildman–Crippen LogP) is 5.33. The summed E-state index contributed by atoms with van der Waals surface area (Å²) in [4.78, 5) is 30.3. The molecule has 4 nitrogen and oxygen atoms in total. The molecule has 3 rings (SSSR count). The summed E-state index contributed by atoms with van der Waals surface area (Å²) in [6.07, 6.45) is 6.09. The first-order valence-corrected chi connectivity index (χ1v) is 9.97. The Morgan fingerprint density at radius 1 is 0.897 bits per heavy atom. The molecule has 29 heavy (non-hydrogen) atoms. The number of pyridine rings is 1. The van der Waals surface area contributed by atoms with Crippen molar-refractivity contribution < 1.29 is 9.59 Å². The van der Waals surface area contributed by atoms with E-state index in [-0.39, 0.29) is 11.7 Å². The van der Waals surface area contributed by atoms with Gasteiger partial charge < -0.3 is 4.90 Å². The number of nitrogens with zero attached hydrogens (tertiary/aromatic N) is 2. The van der Waals surface area contributed by atoms with E-state index in [4.69, 9.17) is 0 Å². The summed E-state index contributed by atoms with van der Waals surface area (Å²) in [5, 5.41) is 0. The van der Waals surface area contributed by atoms with Crippen LogP contribution in [-0.4, -0.2) is 23.7 Å². The average molecular weight is 386 g/mol. The van der Waals surface area contributed by atoms with Crippen molar-refractivity contribution in [1.82, 2.24) is 4.98 Å². The molecule has 0 N–H and O–H groups in total. The zero-order chi connectivity index (χ0) is 20.6. The van der Waals surface area contributed by atoms with Crippen LogP contribution in [0.3, 0.4) is 0 Å². The fourth-order valence-electron chi connectivity index (χ4n) is 3.20. The maximum Gasteiger partial charge on any atom is 0.226 e. The Hall–Kier alpha value is -3.27. The minimum atomic E-state index is 0.120. The number of ketones is 1. The molecular formula is C25H26N2O2. The number of hydrogen-bond acceptors (Lipinski definition) is 3. The average Bonchev–Trinajstić information content (AvgIpc) is 2.78. The summed E-state index contributed by atoms with van der Waals surface area (Å²) in [5.41, 5.74) is 4.77. The Balaban J connectivity index is 1.63. The number of amides is 1. The molecule has 0 bridgehead atoms. The van der Waals surface area contributed by atoms with Crippen molar-refractivity contribution in [1.29, 1.82) is 0 Å². The Morgan fingerprint density at radius 3 is 2.14 bits per heavy atom. The van der Waals surface area contributed by atoms with Crippen LogP contribution in [0.4, 0.5) is 5.69 Å². The molecule has 0 saturated carbocycles. The molecule has 0 unspecified atom stereocenters. The van der Waals surface area contributed by atoms with E-state index in [2.05, 4.69) is 4.98 Å². The van der Waals surface area contributed by atoms with E-state index in [0.29, 0.717) is 19.3 Å². The van der Waals surface area contributed by atoms with Gasteiger partial charge in [0.1, 0.15) is 0 Å². The lowest BCUT2D eigenvalue weighted by atomic mass is 9.99. The number of aryl methyl sites for hydroxylation is 1. The second kappa shape index (κ2) is 9.78. The van der Waals surface area contributed by atoms with Gasteiger partial charge in [0.2, 0.25) is 5.91 Å². The van der Waals surface area contributed by atoms with Gasteiger partial charge in [-0.25, -0.2) is 0 Å². The fraction of sp³-hybridized carbons (Fsp3) is 0.240. The van der Waals surface area contributed by atoms with E-state index in [1.807, 2.05) is 67.6 Å². The SMILES string of the molecule is CCCC(=O)N(C)c1ccc(-c2ccc(C(=O)CCc3cccnc3)cc2)cc1.